The van der Waals surface area contributed by atoms with E-state index in [4.69, 9.17) is 16.7 Å². The van der Waals surface area contributed by atoms with Gasteiger partial charge in [-0.05, 0) is 18.3 Å². The Labute approximate surface area is 105 Å². The standard InChI is InChI=1S/C11H17ClN2OS/c1-7-3-4-14(5-8(7)2)11-13-10(12)9(6-15)16-11/h7-8,15H,3-6H2,1-2H3. The first-order valence-corrected chi connectivity index (χ1v) is 6.82. The Morgan fingerprint density at radius 1 is 1.50 bits per heavy atom. The predicted molar refractivity (Wildman–Crippen MR) is 68.2 cm³/mol. The second kappa shape index (κ2) is 4.90. The van der Waals surface area contributed by atoms with E-state index < -0.39 is 0 Å². The Bertz CT molecular complexity index is 369. The van der Waals surface area contributed by atoms with Crippen LogP contribution in [0.2, 0.25) is 5.15 Å². The Morgan fingerprint density at radius 2 is 2.25 bits per heavy atom. The first-order chi connectivity index (χ1) is 7.61. The van der Waals surface area contributed by atoms with Crippen molar-refractivity contribution in [2.24, 2.45) is 11.8 Å². The van der Waals surface area contributed by atoms with Crippen LogP contribution < -0.4 is 4.90 Å². The number of anilines is 1. The maximum atomic E-state index is 9.09. The molecular weight excluding hydrogens is 244 g/mol. The van der Waals surface area contributed by atoms with E-state index in [1.165, 1.54) is 17.8 Å². The maximum absolute atomic E-state index is 9.09. The molecule has 0 aliphatic carbocycles. The zero-order chi connectivity index (χ0) is 11.7. The molecule has 1 N–H and O–H groups in total. The Balaban J connectivity index is 2.12. The Morgan fingerprint density at radius 3 is 2.81 bits per heavy atom. The highest BCUT2D eigenvalue weighted by Crippen LogP contribution is 2.33. The molecule has 0 bridgehead atoms. The Hall–Kier alpha value is -0.320. The number of hydrogen-bond donors (Lipinski definition) is 1. The van der Waals surface area contributed by atoms with Crippen molar-refractivity contribution in [3.8, 4) is 0 Å². The molecule has 1 aliphatic rings. The van der Waals surface area contributed by atoms with E-state index in [1.807, 2.05) is 0 Å². The monoisotopic (exact) mass is 260 g/mol. The van der Waals surface area contributed by atoms with Gasteiger partial charge in [-0.15, -0.1) is 0 Å². The third-order valence-electron chi connectivity index (χ3n) is 3.39. The van der Waals surface area contributed by atoms with Crippen molar-refractivity contribution in [2.75, 3.05) is 18.0 Å². The molecule has 0 radical (unpaired) electrons. The van der Waals surface area contributed by atoms with Crippen LogP contribution in [0.25, 0.3) is 0 Å². The quantitative estimate of drug-likeness (QED) is 0.888. The molecule has 16 heavy (non-hydrogen) atoms. The minimum absolute atomic E-state index is 0.0176. The molecule has 2 unspecified atom stereocenters. The molecule has 1 aromatic heterocycles. The van der Waals surface area contributed by atoms with Gasteiger partial charge in [0.25, 0.3) is 0 Å². The van der Waals surface area contributed by atoms with Crippen molar-refractivity contribution >= 4 is 28.1 Å². The number of thiazole rings is 1. The van der Waals surface area contributed by atoms with Crippen LogP contribution >= 0.6 is 22.9 Å². The van der Waals surface area contributed by atoms with Gasteiger partial charge in [-0.2, -0.15) is 0 Å². The van der Waals surface area contributed by atoms with Gasteiger partial charge in [0.05, 0.1) is 11.5 Å². The lowest BCUT2D eigenvalue weighted by atomic mass is 9.89. The summed E-state index contributed by atoms with van der Waals surface area (Å²) >= 11 is 7.44. The topological polar surface area (TPSA) is 36.4 Å². The molecule has 1 fully saturated rings. The second-order valence-corrected chi connectivity index (χ2v) is 5.98. The lowest BCUT2D eigenvalue weighted by Crippen LogP contribution is -2.38. The highest BCUT2D eigenvalue weighted by molar-refractivity contribution is 7.16. The predicted octanol–water partition coefficient (Wildman–Crippen LogP) is 2.77. The first-order valence-electron chi connectivity index (χ1n) is 5.62. The Kier molecular flexibility index (Phi) is 3.72. The van der Waals surface area contributed by atoms with Crippen LogP contribution in [-0.4, -0.2) is 23.2 Å². The van der Waals surface area contributed by atoms with Crippen molar-refractivity contribution in [2.45, 2.75) is 26.9 Å². The van der Waals surface area contributed by atoms with Gasteiger partial charge in [0.15, 0.2) is 5.13 Å². The minimum Gasteiger partial charge on any atom is -0.391 e. The molecule has 1 aliphatic heterocycles. The summed E-state index contributed by atoms with van der Waals surface area (Å²) in [4.78, 5) is 7.36. The van der Waals surface area contributed by atoms with Gasteiger partial charge in [-0.25, -0.2) is 4.98 Å². The summed E-state index contributed by atoms with van der Waals surface area (Å²) in [5.74, 6) is 1.47. The van der Waals surface area contributed by atoms with Crippen LogP contribution in [-0.2, 0) is 6.61 Å². The largest absolute Gasteiger partial charge is 0.391 e. The zero-order valence-electron chi connectivity index (χ0n) is 9.61. The number of nitrogens with zero attached hydrogens (tertiary/aromatic N) is 2. The van der Waals surface area contributed by atoms with Crippen LogP contribution in [0, 0.1) is 11.8 Å². The summed E-state index contributed by atoms with van der Waals surface area (Å²) in [6, 6.07) is 0. The van der Waals surface area contributed by atoms with E-state index in [0.29, 0.717) is 11.1 Å². The van der Waals surface area contributed by atoms with Crippen LogP contribution in [0.1, 0.15) is 25.1 Å². The van der Waals surface area contributed by atoms with Gasteiger partial charge >= 0.3 is 0 Å². The zero-order valence-corrected chi connectivity index (χ0v) is 11.2. The van der Waals surface area contributed by atoms with Gasteiger partial charge in [0, 0.05) is 13.1 Å². The maximum Gasteiger partial charge on any atom is 0.187 e. The third-order valence-corrected chi connectivity index (χ3v) is 4.91. The fourth-order valence-corrected chi connectivity index (χ4v) is 3.14. The molecule has 0 aromatic carbocycles. The van der Waals surface area contributed by atoms with Crippen molar-refractivity contribution in [3.05, 3.63) is 10.0 Å². The van der Waals surface area contributed by atoms with E-state index in [9.17, 15) is 0 Å². The lowest BCUT2D eigenvalue weighted by molar-refractivity contribution is 0.285. The summed E-state index contributed by atoms with van der Waals surface area (Å²) < 4.78 is 0. The average Bonchev–Trinajstić information content (AvgIpc) is 2.64. The van der Waals surface area contributed by atoms with Crippen LogP contribution in [0.15, 0.2) is 0 Å². The van der Waals surface area contributed by atoms with Gasteiger partial charge in [0.1, 0.15) is 5.15 Å². The van der Waals surface area contributed by atoms with Crippen molar-refractivity contribution in [1.82, 2.24) is 4.98 Å². The smallest absolute Gasteiger partial charge is 0.187 e. The van der Waals surface area contributed by atoms with Crippen LogP contribution in [0.5, 0.6) is 0 Å². The summed E-state index contributed by atoms with van der Waals surface area (Å²) in [6.45, 7) is 6.64. The lowest BCUT2D eigenvalue weighted by Gasteiger charge is -2.35. The van der Waals surface area contributed by atoms with E-state index in [-0.39, 0.29) is 6.61 Å². The highest BCUT2D eigenvalue weighted by atomic mass is 35.5. The number of aliphatic hydroxyl groups is 1. The molecule has 90 valence electrons. The number of aliphatic hydroxyl groups excluding tert-OH is 1. The molecule has 2 atom stereocenters. The molecular formula is C11H17ClN2OS. The van der Waals surface area contributed by atoms with Gasteiger partial charge in [0.2, 0.25) is 0 Å². The summed E-state index contributed by atoms with van der Waals surface area (Å²) in [5, 5.41) is 10.5. The number of hydrogen-bond acceptors (Lipinski definition) is 4. The van der Waals surface area contributed by atoms with Crippen molar-refractivity contribution in [3.63, 3.8) is 0 Å². The molecule has 0 amide bonds. The second-order valence-electron chi connectivity index (χ2n) is 4.56. The molecule has 2 rings (SSSR count). The molecule has 0 spiro atoms. The first kappa shape index (κ1) is 12.1. The molecule has 1 aromatic rings. The van der Waals surface area contributed by atoms with Gasteiger partial charge in [-0.3, -0.25) is 0 Å². The molecule has 5 heteroatoms. The summed E-state index contributed by atoms with van der Waals surface area (Å²) in [5.41, 5.74) is 0. The fraction of sp³-hybridized carbons (Fsp3) is 0.727. The molecule has 0 saturated carbocycles. The van der Waals surface area contributed by atoms with Crippen molar-refractivity contribution < 1.29 is 5.11 Å². The number of aromatic nitrogens is 1. The van der Waals surface area contributed by atoms with Gasteiger partial charge in [-0.1, -0.05) is 36.8 Å². The molecule has 2 heterocycles. The highest BCUT2D eigenvalue weighted by Gasteiger charge is 2.25. The van der Waals surface area contributed by atoms with E-state index in [1.54, 1.807) is 0 Å². The average molecular weight is 261 g/mol. The molecule has 1 saturated heterocycles. The third kappa shape index (κ3) is 2.34. The summed E-state index contributed by atoms with van der Waals surface area (Å²) in [7, 11) is 0. The minimum atomic E-state index is -0.0176. The van der Waals surface area contributed by atoms with E-state index in [0.717, 1.165) is 29.0 Å². The van der Waals surface area contributed by atoms with E-state index in [2.05, 4.69) is 23.7 Å². The normalized spacial score (nSPS) is 26.1. The summed E-state index contributed by atoms with van der Waals surface area (Å²) in [6.07, 6.45) is 1.20. The molecule has 3 nitrogen and oxygen atoms in total. The van der Waals surface area contributed by atoms with Gasteiger partial charge < -0.3 is 10.0 Å². The van der Waals surface area contributed by atoms with Crippen LogP contribution in [0.4, 0.5) is 5.13 Å². The van der Waals surface area contributed by atoms with Crippen molar-refractivity contribution in [1.29, 1.82) is 0 Å². The number of rotatable bonds is 2. The number of halogens is 1. The fourth-order valence-electron chi connectivity index (χ4n) is 1.99. The van der Waals surface area contributed by atoms with Crippen LogP contribution in [0.3, 0.4) is 0 Å². The SMILES string of the molecule is CC1CCN(c2nc(Cl)c(CO)s2)CC1C. The number of piperidine rings is 1. The van der Waals surface area contributed by atoms with E-state index >= 15 is 0 Å².